The number of aliphatic hydroxyl groups is 1. The second-order valence-corrected chi connectivity index (χ2v) is 7.17. The summed E-state index contributed by atoms with van der Waals surface area (Å²) in [4.78, 5) is 22.7. The second-order valence-electron chi connectivity index (χ2n) is 7.17. The monoisotopic (exact) mass is 343 g/mol. The van der Waals surface area contributed by atoms with Gasteiger partial charge in [0.2, 0.25) is 0 Å². The number of esters is 1. The fraction of sp³-hybridized carbons (Fsp3) is 0.778. The molecule has 140 valence electrons. The molecule has 0 saturated heterocycles. The van der Waals surface area contributed by atoms with Gasteiger partial charge in [0.05, 0.1) is 21.1 Å². The molecular weight excluding hydrogens is 310 g/mol. The summed E-state index contributed by atoms with van der Waals surface area (Å²) >= 11 is 0. The lowest BCUT2D eigenvalue weighted by Gasteiger charge is -2.29. The van der Waals surface area contributed by atoms with Crippen molar-refractivity contribution in [3.05, 3.63) is 12.2 Å². The maximum Gasteiger partial charge on any atom is 0.335 e. The quantitative estimate of drug-likeness (QED) is 0.233. The highest BCUT2D eigenvalue weighted by molar-refractivity contribution is 5.75. The minimum Gasteiger partial charge on any atom is -0.550 e. The van der Waals surface area contributed by atoms with Crippen LogP contribution in [0, 0.1) is 0 Å². The maximum atomic E-state index is 11.9. The number of likely N-dealkylation sites (N-methyl/N-ethyl adjacent to an activating group) is 1. The van der Waals surface area contributed by atoms with E-state index in [0.29, 0.717) is 23.9 Å². The number of carbonyl (C=O) groups excluding carboxylic acids is 2. The highest BCUT2D eigenvalue weighted by atomic mass is 16.6. The molecule has 2 atom stereocenters. The van der Waals surface area contributed by atoms with E-state index in [4.69, 9.17) is 4.74 Å². The number of aliphatic carboxylic acids is 1. The van der Waals surface area contributed by atoms with Crippen LogP contribution in [0.3, 0.4) is 0 Å². The van der Waals surface area contributed by atoms with Gasteiger partial charge in [-0.15, -0.1) is 0 Å². The molecule has 0 bridgehead atoms. The Balaban J connectivity index is 4.21. The Labute approximate surface area is 145 Å². The molecule has 0 heterocycles. The van der Waals surface area contributed by atoms with Crippen LogP contribution in [-0.4, -0.2) is 61.4 Å². The first kappa shape index (κ1) is 22.6. The van der Waals surface area contributed by atoms with Gasteiger partial charge in [-0.1, -0.05) is 25.5 Å². The first-order valence-electron chi connectivity index (χ1n) is 8.69. The molecule has 0 aromatic rings. The lowest BCUT2D eigenvalue weighted by Crippen LogP contribution is -2.46. The summed E-state index contributed by atoms with van der Waals surface area (Å²) < 4.78 is 5.62. The number of nitrogens with zero attached hydrogens (tertiary/aromatic N) is 1. The van der Waals surface area contributed by atoms with Crippen LogP contribution in [0.1, 0.15) is 51.9 Å². The number of unbranched alkanes of at least 4 members (excludes halogenated alkanes) is 3. The molecule has 0 aromatic carbocycles. The van der Waals surface area contributed by atoms with Gasteiger partial charge in [-0.2, -0.15) is 0 Å². The zero-order chi connectivity index (χ0) is 18.6. The van der Waals surface area contributed by atoms with Crippen LogP contribution in [0.2, 0.25) is 0 Å². The van der Waals surface area contributed by atoms with Crippen molar-refractivity contribution in [3.63, 3.8) is 0 Å². The predicted octanol–water partition coefficient (Wildman–Crippen LogP) is 1.02. The number of carboxylic acids is 1. The van der Waals surface area contributed by atoms with Gasteiger partial charge in [0.1, 0.15) is 6.54 Å². The minimum absolute atomic E-state index is 0.322. The summed E-state index contributed by atoms with van der Waals surface area (Å²) in [5.74, 6) is -2.02. The van der Waals surface area contributed by atoms with Crippen molar-refractivity contribution >= 4 is 11.9 Å². The average molecular weight is 343 g/mol. The molecule has 0 amide bonds. The minimum atomic E-state index is -1.27. The molecule has 1 N–H and O–H groups in total. The topological polar surface area (TPSA) is 86.7 Å². The van der Waals surface area contributed by atoms with Gasteiger partial charge in [0.25, 0.3) is 0 Å². The van der Waals surface area contributed by atoms with E-state index < -0.39 is 24.1 Å². The summed E-state index contributed by atoms with van der Waals surface area (Å²) in [5.41, 5.74) is 0. The molecule has 0 aliphatic carbocycles. The molecule has 2 unspecified atom stereocenters. The Morgan fingerprint density at radius 2 is 1.79 bits per heavy atom. The second kappa shape index (κ2) is 12.0. The number of allylic oxidation sites excluding steroid dienone is 2. The molecule has 0 aliphatic rings. The Bertz CT molecular complexity index is 401. The lowest BCUT2D eigenvalue weighted by atomic mass is 10.1. The van der Waals surface area contributed by atoms with Gasteiger partial charge in [0.15, 0.2) is 12.2 Å². The molecule has 0 radical (unpaired) electrons. The molecule has 0 fully saturated rings. The van der Waals surface area contributed by atoms with E-state index in [1.807, 2.05) is 21.1 Å². The van der Waals surface area contributed by atoms with Crippen LogP contribution in [-0.2, 0) is 14.3 Å². The van der Waals surface area contributed by atoms with Crippen LogP contribution in [0.4, 0.5) is 0 Å². The van der Waals surface area contributed by atoms with Gasteiger partial charge >= 0.3 is 5.97 Å². The Morgan fingerprint density at radius 3 is 2.33 bits per heavy atom. The molecule has 0 saturated carbocycles. The third-order valence-electron chi connectivity index (χ3n) is 3.42. The van der Waals surface area contributed by atoms with E-state index in [1.54, 1.807) is 0 Å². The summed E-state index contributed by atoms with van der Waals surface area (Å²) in [7, 11) is 5.62. The predicted molar refractivity (Wildman–Crippen MR) is 90.9 cm³/mol. The molecule has 0 spiro atoms. The molecule has 0 aromatic heterocycles. The third kappa shape index (κ3) is 13.1. The Morgan fingerprint density at radius 1 is 1.17 bits per heavy atom. The van der Waals surface area contributed by atoms with Gasteiger partial charge in [-0.25, -0.2) is 4.79 Å². The van der Waals surface area contributed by atoms with Crippen molar-refractivity contribution in [1.29, 1.82) is 0 Å². The van der Waals surface area contributed by atoms with Crippen LogP contribution < -0.4 is 5.11 Å². The number of quaternary nitrogens is 1. The van der Waals surface area contributed by atoms with Crippen molar-refractivity contribution in [2.75, 3.05) is 27.7 Å². The maximum absolute atomic E-state index is 11.9. The van der Waals surface area contributed by atoms with Crippen molar-refractivity contribution < 1.29 is 29.0 Å². The summed E-state index contributed by atoms with van der Waals surface area (Å²) in [6, 6.07) is 0. The largest absolute Gasteiger partial charge is 0.550 e. The van der Waals surface area contributed by atoms with Gasteiger partial charge in [-0.05, 0) is 32.1 Å². The van der Waals surface area contributed by atoms with E-state index in [-0.39, 0.29) is 6.42 Å². The molecule has 0 rings (SSSR count). The smallest absolute Gasteiger partial charge is 0.335 e. The van der Waals surface area contributed by atoms with Crippen molar-refractivity contribution in [3.8, 4) is 0 Å². The zero-order valence-corrected chi connectivity index (χ0v) is 15.5. The van der Waals surface area contributed by atoms with Crippen LogP contribution in [0.15, 0.2) is 12.2 Å². The first-order valence-corrected chi connectivity index (χ1v) is 8.69. The van der Waals surface area contributed by atoms with E-state index in [1.165, 1.54) is 0 Å². The molecule has 0 aliphatic heterocycles. The molecular formula is C18H33NO5. The number of ether oxygens (including phenoxy) is 1. The summed E-state index contributed by atoms with van der Waals surface area (Å²) in [5, 5.41) is 20.7. The van der Waals surface area contributed by atoms with E-state index >= 15 is 0 Å². The first-order chi connectivity index (χ1) is 11.2. The Kier molecular flexibility index (Phi) is 11.3. The normalized spacial score (nSPS) is 14.5. The summed E-state index contributed by atoms with van der Waals surface area (Å²) in [6.07, 6.45) is 6.94. The van der Waals surface area contributed by atoms with Gasteiger partial charge < -0.3 is 24.2 Å². The number of hydrogen-bond acceptors (Lipinski definition) is 5. The highest BCUT2D eigenvalue weighted by Crippen LogP contribution is 2.10. The zero-order valence-electron chi connectivity index (χ0n) is 15.5. The van der Waals surface area contributed by atoms with E-state index in [0.717, 1.165) is 25.7 Å². The van der Waals surface area contributed by atoms with Gasteiger partial charge in [-0.3, -0.25) is 0 Å². The number of carboxylic acid groups (broad SMARTS) is 1. The third-order valence-corrected chi connectivity index (χ3v) is 3.42. The lowest BCUT2D eigenvalue weighted by molar-refractivity contribution is -0.873. The summed E-state index contributed by atoms with van der Waals surface area (Å²) in [6.45, 7) is 2.47. The standard InChI is InChI=1S/C18H33NO5/c1-5-6-7-8-9-10-11-12-16(20)18(23)24-15(13-17(21)22)14-19(2,3)4/h7-8,15-16,20H,5-6,9-14H2,1-4H3/b8-7+. The fourth-order valence-corrected chi connectivity index (χ4v) is 2.30. The van der Waals surface area contributed by atoms with Crippen molar-refractivity contribution in [2.24, 2.45) is 0 Å². The van der Waals surface area contributed by atoms with Crippen LogP contribution in [0.25, 0.3) is 0 Å². The molecule has 24 heavy (non-hydrogen) atoms. The van der Waals surface area contributed by atoms with Crippen molar-refractivity contribution in [2.45, 2.75) is 64.1 Å². The Hall–Kier alpha value is -1.40. The van der Waals surface area contributed by atoms with Crippen LogP contribution in [0.5, 0.6) is 0 Å². The number of rotatable bonds is 13. The number of hydrogen-bond donors (Lipinski definition) is 1. The number of carbonyl (C=O) groups is 2. The molecule has 6 heteroatoms. The van der Waals surface area contributed by atoms with E-state index in [9.17, 15) is 19.8 Å². The highest BCUT2D eigenvalue weighted by Gasteiger charge is 2.25. The van der Waals surface area contributed by atoms with Crippen LogP contribution >= 0.6 is 0 Å². The SMILES string of the molecule is CCC/C=C/CCCCC(O)C(=O)OC(CC(=O)[O-])C[N+](C)(C)C. The molecule has 6 nitrogen and oxygen atoms in total. The van der Waals surface area contributed by atoms with E-state index in [2.05, 4.69) is 19.1 Å². The fourth-order valence-electron chi connectivity index (χ4n) is 2.30. The van der Waals surface area contributed by atoms with Crippen molar-refractivity contribution in [1.82, 2.24) is 0 Å². The average Bonchev–Trinajstić information content (AvgIpc) is 2.43. The number of aliphatic hydroxyl groups excluding tert-OH is 1. The van der Waals surface area contributed by atoms with Gasteiger partial charge in [0, 0.05) is 12.4 Å².